The zero-order chi connectivity index (χ0) is 38.2. The molecule has 1 amide bonds. The molecule has 0 aliphatic rings. The summed E-state index contributed by atoms with van der Waals surface area (Å²) in [4.78, 5) is 31.1. The zero-order valence-electron chi connectivity index (χ0n) is 28.2. The normalized spacial score (nSPS) is 12.2. The minimum absolute atomic E-state index is 0.00461. The molecule has 13 nitrogen and oxygen atoms in total. The first kappa shape index (κ1) is 37.0. The van der Waals surface area contributed by atoms with Crippen LogP contribution >= 0.6 is 11.6 Å². The smallest absolute Gasteiger partial charge is 0.405 e. The van der Waals surface area contributed by atoms with E-state index < -0.39 is 57.0 Å². The first-order chi connectivity index (χ1) is 25.2. The average Bonchev–Trinajstić information content (AvgIpc) is 3.42. The zero-order valence-corrected chi connectivity index (χ0v) is 29.7. The fourth-order valence-corrected chi connectivity index (χ4v) is 7.30. The highest BCUT2D eigenvalue weighted by Crippen LogP contribution is 2.36. The van der Waals surface area contributed by atoms with Gasteiger partial charge in [-0.3, -0.25) is 18.8 Å². The van der Waals surface area contributed by atoms with Gasteiger partial charge in [-0.05, 0) is 53.9 Å². The van der Waals surface area contributed by atoms with E-state index in [9.17, 15) is 31.9 Å². The third kappa shape index (κ3) is 7.71. The van der Waals surface area contributed by atoms with E-state index in [1.807, 2.05) is 0 Å². The number of nitrogens with zero attached hydrogens (tertiary/aromatic N) is 4. The molecular formula is C35H30ClF3N6O7S. The number of sulfonamides is 1. The van der Waals surface area contributed by atoms with Gasteiger partial charge in [-0.1, -0.05) is 23.7 Å². The van der Waals surface area contributed by atoms with Crippen LogP contribution in [0.15, 0.2) is 71.5 Å². The quantitative estimate of drug-likeness (QED) is 0.137. The number of anilines is 1. The van der Waals surface area contributed by atoms with Gasteiger partial charge in [0.15, 0.2) is 5.82 Å². The fourth-order valence-electron chi connectivity index (χ4n) is 6.01. The van der Waals surface area contributed by atoms with Gasteiger partial charge >= 0.3 is 6.09 Å². The number of nitrogens with one attached hydrogen (secondary N) is 2. The maximum absolute atomic E-state index is 15.6. The predicted octanol–water partition coefficient (Wildman–Crippen LogP) is 5.90. The average molecular weight is 771 g/mol. The molecule has 0 bridgehead atoms. The van der Waals surface area contributed by atoms with Crippen LogP contribution in [-0.2, 0) is 29.9 Å². The highest BCUT2D eigenvalue weighted by atomic mass is 35.5. The molecule has 276 valence electrons. The van der Waals surface area contributed by atoms with Gasteiger partial charge in [-0.15, -0.1) is 0 Å². The summed E-state index contributed by atoms with van der Waals surface area (Å²) in [5, 5.41) is 16.0. The Morgan fingerprint density at radius 3 is 2.26 bits per heavy atom. The SMILES string of the molecule is COc1ccc(CCS(=O)(=O)Nc2nn(C)c3c(-n4c([C@H](Cc5cc(F)cc(F)c5)NC(=O)O)nc5cc(OC)cc(F)c5c4=O)ccc(Cl)c23)cc1. The molecule has 6 aromatic rings. The highest BCUT2D eigenvalue weighted by molar-refractivity contribution is 7.92. The van der Waals surface area contributed by atoms with Crippen LogP contribution < -0.4 is 25.1 Å². The number of aryl methyl sites for hydroxylation is 2. The largest absolute Gasteiger partial charge is 0.497 e. The summed E-state index contributed by atoms with van der Waals surface area (Å²) in [5.74, 6) is -3.08. The minimum atomic E-state index is -4.04. The van der Waals surface area contributed by atoms with Crippen molar-refractivity contribution in [3.8, 4) is 17.2 Å². The molecule has 0 radical (unpaired) electrons. The molecule has 2 aromatic heterocycles. The number of ether oxygens (including phenoxy) is 2. The molecule has 0 saturated carbocycles. The van der Waals surface area contributed by atoms with Gasteiger partial charge in [0.1, 0.15) is 40.2 Å². The van der Waals surface area contributed by atoms with Gasteiger partial charge in [0.2, 0.25) is 10.0 Å². The first-order valence-corrected chi connectivity index (χ1v) is 17.7. The van der Waals surface area contributed by atoms with E-state index in [1.165, 1.54) is 44.1 Å². The number of carboxylic acid groups (broad SMARTS) is 1. The Morgan fingerprint density at radius 2 is 1.62 bits per heavy atom. The molecule has 2 heterocycles. The van der Waals surface area contributed by atoms with E-state index in [1.54, 1.807) is 24.3 Å². The number of carbonyl (C=O) groups is 1. The predicted molar refractivity (Wildman–Crippen MR) is 191 cm³/mol. The number of hydrogen-bond acceptors (Lipinski definition) is 8. The Bertz CT molecular complexity index is 2540. The molecule has 0 aliphatic carbocycles. The Labute approximate surface area is 304 Å². The maximum Gasteiger partial charge on any atom is 0.405 e. The van der Waals surface area contributed by atoms with Crippen LogP contribution in [0.2, 0.25) is 5.02 Å². The van der Waals surface area contributed by atoms with Crippen molar-refractivity contribution >= 4 is 55.3 Å². The van der Waals surface area contributed by atoms with Gasteiger partial charge in [0.25, 0.3) is 5.56 Å². The molecule has 0 aliphatic heterocycles. The van der Waals surface area contributed by atoms with Gasteiger partial charge in [0.05, 0.1) is 53.1 Å². The minimum Gasteiger partial charge on any atom is -0.497 e. The van der Waals surface area contributed by atoms with Crippen molar-refractivity contribution < 1.29 is 41.0 Å². The molecular weight excluding hydrogens is 741 g/mol. The summed E-state index contributed by atoms with van der Waals surface area (Å²) in [6, 6.07) is 13.0. The summed E-state index contributed by atoms with van der Waals surface area (Å²) in [6.45, 7) is 0. The number of methoxy groups -OCH3 is 2. The fraction of sp³-hybridized carbons (Fsp3) is 0.200. The molecule has 0 unspecified atom stereocenters. The summed E-state index contributed by atoms with van der Waals surface area (Å²) < 4.78 is 85.7. The van der Waals surface area contributed by atoms with E-state index in [4.69, 9.17) is 21.1 Å². The lowest BCUT2D eigenvalue weighted by molar-refractivity contribution is 0.189. The molecule has 53 heavy (non-hydrogen) atoms. The third-order valence-corrected chi connectivity index (χ3v) is 9.92. The van der Waals surface area contributed by atoms with Crippen molar-refractivity contribution in [1.29, 1.82) is 0 Å². The van der Waals surface area contributed by atoms with Crippen molar-refractivity contribution in [3.05, 3.63) is 117 Å². The number of amides is 1. The number of fused-ring (bicyclic) bond motifs is 2. The van der Waals surface area contributed by atoms with Crippen LogP contribution in [0, 0.1) is 17.5 Å². The van der Waals surface area contributed by atoms with E-state index in [0.717, 1.165) is 28.3 Å². The second-order valence-electron chi connectivity index (χ2n) is 11.9. The van der Waals surface area contributed by atoms with Gasteiger partial charge in [-0.2, -0.15) is 5.10 Å². The monoisotopic (exact) mass is 770 g/mol. The van der Waals surface area contributed by atoms with Crippen molar-refractivity contribution in [2.45, 2.75) is 18.9 Å². The van der Waals surface area contributed by atoms with Crippen LogP contribution in [0.1, 0.15) is 23.0 Å². The van der Waals surface area contributed by atoms with Crippen molar-refractivity contribution in [3.63, 3.8) is 0 Å². The molecule has 1 atom stereocenters. The molecule has 18 heteroatoms. The Balaban J connectivity index is 1.53. The lowest BCUT2D eigenvalue weighted by Crippen LogP contribution is -2.35. The van der Waals surface area contributed by atoms with Crippen molar-refractivity contribution in [1.82, 2.24) is 24.6 Å². The van der Waals surface area contributed by atoms with Crippen LogP contribution in [0.4, 0.5) is 23.8 Å². The van der Waals surface area contributed by atoms with Crippen LogP contribution in [0.3, 0.4) is 0 Å². The lowest BCUT2D eigenvalue weighted by Gasteiger charge is -2.23. The van der Waals surface area contributed by atoms with Crippen LogP contribution in [0.5, 0.6) is 11.5 Å². The van der Waals surface area contributed by atoms with Crippen LogP contribution in [0.25, 0.3) is 27.5 Å². The number of benzene rings is 4. The van der Waals surface area contributed by atoms with Crippen molar-refractivity contribution in [2.24, 2.45) is 7.05 Å². The van der Waals surface area contributed by atoms with E-state index in [2.05, 4.69) is 20.1 Å². The topological polar surface area (TPSA) is 167 Å². The van der Waals surface area contributed by atoms with E-state index >= 15 is 4.39 Å². The molecule has 0 saturated heterocycles. The Kier molecular flexibility index (Phi) is 10.2. The van der Waals surface area contributed by atoms with E-state index in [-0.39, 0.29) is 62.3 Å². The number of rotatable bonds is 12. The second kappa shape index (κ2) is 14.7. The summed E-state index contributed by atoms with van der Waals surface area (Å²) >= 11 is 6.63. The third-order valence-electron chi connectivity index (χ3n) is 8.36. The molecule has 0 fully saturated rings. The second-order valence-corrected chi connectivity index (χ2v) is 14.1. The molecule has 4 aromatic carbocycles. The van der Waals surface area contributed by atoms with Gasteiger partial charge in [0, 0.05) is 31.7 Å². The van der Waals surface area contributed by atoms with Gasteiger partial charge in [-0.25, -0.2) is 31.4 Å². The Morgan fingerprint density at radius 1 is 0.943 bits per heavy atom. The Hall–Kier alpha value is -5.81. The van der Waals surface area contributed by atoms with E-state index in [0.29, 0.717) is 11.8 Å². The molecule has 6 rings (SSSR count). The number of hydrogen-bond donors (Lipinski definition) is 3. The molecule has 0 spiro atoms. The molecule has 3 N–H and O–H groups in total. The van der Waals surface area contributed by atoms with Crippen molar-refractivity contribution in [2.75, 3.05) is 24.7 Å². The maximum atomic E-state index is 15.6. The number of halogens is 4. The first-order valence-electron chi connectivity index (χ1n) is 15.7. The van der Waals surface area contributed by atoms with Gasteiger partial charge < -0.3 is 19.9 Å². The summed E-state index contributed by atoms with van der Waals surface area (Å²) in [6.07, 6.45) is -1.83. The summed E-state index contributed by atoms with van der Waals surface area (Å²) in [7, 11) is 0.194. The summed E-state index contributed by atoms with van der Waals surface area (Å²) in [5.41, 5.74) is -0.439. The highest BCUT2D eigenvalue weighted by Gasteiger charge is 2.29. The number of aromatic nitrogens is 4. The lowest BCUT2D eigenvalue weighted by atomic mass is 10.0. The van der Waals surface area contributed by atoms with Crippen LogP contribution in [-0.4, -0.2) is 58.9 Å². The standard InChI is InChI=1S/C35H30ClF3N6O7S/c1-44-31-28(9-8-24(36)29(31)32(42-44)43-53(49,50)11-10-18-4-6-22(51-2)7-5-18)45-33(40-26-17-23(52-3)16-25(39)30(26)34(45)46)27(41-35(47)48)14-19-12-20(37)15-21(38)13-19/h4-9,12-13,15-17,27,41H,10-11,14H2,1-3H3,(H,42,43)(H,47,48)/t27-/m0/s1.